The van der Waals surface area contributed by atoms with Crippen LogP contribution >= 0.6 is 11.8 Å². The lowest BCUT2D eigenvalue weighted by molar-refractivity contribution is -0.142. The van der Waals surface area contributed by atoms with Gasteiger partial charge in [0.1, 0.15) is 37.1 Å². The molecule has 6 aromatic rings. The van der Waals surface area contributed by atoms with Crippen molar-refractivity contribution in [2.45, 2.75) is 67.9 Å². The third kappa shape index (κ3) is 10.5. The van der Waals surface area contributed by atoms with E-state index in [0.717, 1.165) is 38.9 Å². The van der Waals surface area contributed by atoms with E-state index in [9.17, 15) is 9.59 Å². The van der Waals surface area contributed by atoms with Crippen molar-refractivity contribution in [2.75, 3.05) is 26.1 Å². The van der Waals surface area contributed by atoms with Crippen LogP contribution in [0.1, 0.15) is 33.7 Å². The fraction of sp³-hybridized carbons (Fsp3) is 0.298. The van der Waals surface area contributed by atoms with Crippen LogP contribution in [0.5, 0.6) is 0 Å². The van der Waals surface area contributed by atoms with Gasteiger partial charge in [-0.1, -0.05) is 151 Å². The summed E-state index contributed by atoms with van der Waals surface area (Å²) < 4.78 is 38.6. The molecule has 1 aliphatic carbocycles. The van der Waals surface area contributed by atoms with Crippen molar-refractivity contribution in [1.29, 1.82) is 0 Å². The molecule has 61 heavy (non-hydrogen) atoms. The first kappa shape index (κ1) is 41.8. The van der Waals surface area contributed by atoms with Crippen LogP contribution in [0.25, 0.3) is 11.1 Å². The molecule has 0 spiro atoms. The maximum atomic E-state index is 13.2. The molecule has 1 N–H and O–H groups in total. The maximum absolute atomic E-state index is 13.2. The summed E-state index contributed by atoms with van der Waals surface area (Å²) in [5.41, 5.74) is 7.47. The summed E-state index contributed by atoms with van der Waals surface area (Å²) in [5.74, 6) is -0.703. The third-order valence-corrected chi connectivity index (χ3v) is 11.8. The summed E-state index contributed by atoms with van der Waals surface area (Å²) in [6.07, 6.45) is -2.79. The van der Waals surface area contributed by atoms with Gasteiger partial charge in [-0.2, -0.15) is 0 Å². The van der Waals surface area contributed by atoms with Crippen molar-refractivity contribution in [2.24, 2.45) is 0 Å². The third-order valence-electron chi connectivity index (χ3n) is 10.7. The number of carbonyl (C=O) groups excluding carboxylic acids is 2. The summed E-state index contributed by atoms with van der Waals surface area (Å²) >= 11 is 1.19. The summed E-state index contributed by atoms with van der Waals surface area (Å²) in [6.45, 7) is 1.65. The first-order chi connectivity index (χ1) is 30.0. The van der Waals surface area contributed by atoms with Gasteiger partial charge in [-0.3, -0.25) is 0 Å². The number of methoxy groups -OCH3 is 1. The number of hydrogen-bond acceptors (Lipinski definition) is 12. The number of thioether (sulfide) groups is 1. The number of esters is 1. The van der Waals surface area contributed by atoms with Gasteiger partial charge < -0.3 is 33.7 Å². The van der Waals surface area contributed by atoms with Gasteiger partial charge in [0.15, 0.2) is 0 Å². The Kier molecular flexibility index (Phi) is 14.1. The minimum Gasteiger partial charge on any atom is -0.467 e. The highest BCUT2D eigenvalue weighted by Gasteiger charge is 2.47. The zero-order chi connectivity index (χ0) is 41.8. The molecule has 0 radical (unpaired) electrons. The van der Waals surface area contributed by atoms with Crippen LogP contribution in [-0.4, -0.2) is 88.8 Å². The Hall–Kier alpha value is -5.90. The van der Waals surface area contributed by atoms with Gasteiger partial charge in [-0.15, -0.1) is 5.10 Å². The molecule has 0 saturated carbocycles. The molecule has 1 fully saturated rings. The minimum absolute atomic E-state index is 0.0649. The molecule has 5 atom stereocenters. The first-order valence-electron chi connectivity index (χ1n) is 20.2. The predicted octanol–water partition coefficient (Wildman–Crippen LogP) is 7.00. The minimum atomic E-state index is -1.05. The Morgan fingerprint density at radius 3 is 1.84 bits per heavy atom. The van der Waals surface area contributed by atoms with Crippen LogP contribution in [0.2, 0.25) is 0 Å². The highest BCUT2D eigenvalue weighted by atomic mass is 32.2. The van der Waals surface area contributed by atoms with E-state index in [2.05, 4.69) is 33.0 Å². The van der Waals surface area contributed by atoms with Crippen molar-refractivity contribution in [3.05, 3.63) is 167 Å². The standard InChI is InChI=1S/C47H47N5O8S/c1-55-45(53)40(48-47(54)59-29-39-37-23-13-11-21-35(37)36-22-12-14-24-38(36)39)31-61-46-49-50-51-52(46)25-41-43(57-27-33-17-7-3-8-18-33)44(58-28-34-19-9-4-10-20-34)42(60-41)30-56-26-32-15-5-2-6-16-32/h2-24,39-44H,25-31H2,1H3,(H,48,54)/t40-,41-,42+,43-,44+/m0/s1. The second-order valence-electron chi connectivity index (χ2n) is 14.7. The van der Waals surface area contributed by atoms with Gasteiger partial charge >= 0.3 is 12.1 Å². The lowest BCUT2D eigenvalue weighted by atomic mass is 9.98. The number of amides is 1. The van der Waals surface area contributed by atoms with Crippen molar-refractivity contribution in [1.82, 2.24) is 25.5 Å². The van der Waals surface area contributed by atoms with Crippen molar-refractivity contribution < 1.29 is 38.0 Å². The summed E-state index contributed by atoms with van der Waals surface area (Å²) in [5, 5.41) is 15.6. The van der Waals surface area contributed by atoms with E-state index in [1.165, 1.54) is 18.9 Å². The van der Waals surface area contributed by atoms with E-state index in [0.29, 0.717) is 25.0 Å². The van der Waals surface area contributed by atoms with Gasteiger partial charge in [0.05, 0.1) is 40.1 Å². The molecule has 2 heterocycles. The number of benzene rings is 5. The Labute approximate surface area is 358 Å². The Morgan fingerprint density at radius 2 is 1.25 bits per heavy atom. The van der Waals surface area contributed by atoms with E-state index >= 15 is 0 Å². The summed E-state index contributed by atoms with van der Waals surface area (Å²) in [6, 6.07) is 45.0. The zero-order valence-electron chi connectivity index (χ0n) is 33.7. The molecule has 0 bridgehead atoms. The predicted molar refractivity (Wildman–Crippen MR) is 227 cm³/mol. The number of aromatic nitrogens is 4. The molecule has 2 aliphatic rings. The number of fused-ring (bicyclic) bond motifs is 3. The summed E-state index contributed by atoms with van der Waals surface area (Å²) in [4.78, 5) is 26.2. The summed E-state index contributed by atoms with van der Waals surface area (Å²) in [7, 11) is 1.27. The average molecular weight is 842 g/mol. The highest BCUT2D eigenvalue weighted by Crippen LogP contribution is 2.44. The lowest BCUT2D eigenvalue weighted by Gasteiger charge is -2.25. The Balaban J connectivity index is 0.944. The molecule has 1 aromatic heterocycles. The largest absolute Gasteiger partial charge is 0.467 e. The molecular formula is C47H47N5O8S. The zero-order valence-corrected chi connectivity index (χ0v) is 34.5. The van der Waals surface area contributed by atoms with E-state index in [1.54, 1.807) is 4.68 Å². The smallest absolute Gasteiger partial charge is 0.407 e. The van der Waals surface area contributed by atoms with Gasteiger partial charge in [0, 0.05) is 11.7 Å². The average Bonchev–Trinajstić information content (AvgIpc) is 3.99. The number of hydrogen-bond donors (Lipinski definition) is 1. The van der Waals surface area contributed by atoms with Crippen molar-refractivity contribution >= 4 is 23.8 Å². The fourth-order valence-electron chi connectivity index (χ4n) is 7.72. The van der Waals surface area contributed by atoms with Crippen LogP contribution in [0.15, 0.2) is 145 Å². The van der Waals surface area contributed by atoms with Gasteiger partial charge in [0.2, 0.25) is 5.16 Å². The monoisotopic (exact) mass is 841 g/mol. The molecule has 314 valence electrons. The topological polar surface area (TPSA) is 145 Å². The van der Waals surface area contributed by atoms with Crippen molar-refractivity contribution in [3.8, 4) is 11.1 Å². The van der Waals surface area contributed by atoms with E-state index < -0.39 is 42.5 Å². The highest BCUT2D eigenvalue weighted by molar-refractivity contribution is 7.99. The van der Waals surface area contributed by atoms with Gasteiger partial charge in [0.25, 0.3) is 0 Å². The first-order valence-corrected chi connectivity index (χ1v) is 21.2. The normalized spacial score (nSPS) is 18.6. The number of ether oxygens (including phenoxy) is 6. The van der Waals surface area contributed by atoms with Crippen LogP contribution in [-0.2, 0) is 59.6 Å². The Bertz CT molecular complexity index is 2290. The number of tetrazole rings is 1. The molecule has 13 nitrogen and oxygen atoms in total. The quantitative estimate of drug-likeness (QED) is 0.0662. The number of rotatable bonds is 19. The molecule has 14 heteroatoms. The Morgan fingerprint density at radius 1 is 0.705 bits per heavy atom. The van der Waals surface area contributed by atoms with Gasteiger partial charge in [-0.25, -0.2) is 14.3 Å². The molecule has 8 rings (SSSR count). The van der Waals surface area contributed by atoms with Crippen LogP contribution in [0.3, 0.4) is 0 Å². The molecular weight excluding hydrogens is 795 g/mol. The molecule has 5 aromatic carbocycles. The number of alkyl carbamates (subject to hydrolysis) is 1. The van der Waals surface area contributed by atoms with Crippen LogP contribution in [0.4, 0.5) is 4.79 Å². The van der Waals surface area contributed by atoms with Crippen LogP contribution < -0.4 is 5.32 Å². The molecule has 1 aliphatic heterocycles. The SMILES string of the molecule is COC(=O)[C@H](CSc1nnnn1C[C@@H]1O[C@H](COCc2ccccc2)[C@@H](OCc2ccccc2)[C@H]1OCc1ccccc1)NC(=O)OCC1c2ccccc2-c2ccccc21. The van der Waals surface area contributed by atoms with Crippen molar-refractivity contribution in [3.63, 3.8) is 0 Å². The number of carbonyl (C=O) groups is 2. The fourth-order valence-corrected chi connectivity index (χ4v) is 8.61. The molecule has 0 unspecified atom stereocenters. The van der Waals surface area contributed by atoms with Gasteiger partial charge in [-0.05, 0) is 49.4 Å². The number of nitrogens with zero attached hydrogens (tertiary/aromatic N) is 4. The molecule has 1 saturated heterocycles. The number of nitrogens with one attached hydrogen (secondary N) is 1. The maximum Gasteiger partial charge on any atom is 0.407 e. The van der Waals surface area contributed by atoms with E-state index in [-0.39, 0.29) is 31.4 Å². The molecule has 1 amide bonds. The van der Waals surface area contributed by atoms with E-state index in [4.69, 9.17) is 28.4 Å². The van der Waals surface area contributed by atoms with E-state index in [1.807, 2.05) is 127 Å². The lowest BCUT2D eigenvalue weighted by Crippen LogP contribution is -2.44. The second kappa shape index (κ2) is 20.6. The van der Waals surface area contributed by atoms with Crippen LogP contribution in [0, 0.1) is 0 Å². The second-order valence-corrected chi connectivity index (χ2v) is 15.7.